The van der Waals surface area contributed by atoms with Gasteiger partial charge in [0, 0.05) is 7.11 Å². The van der Waals surface area contributed by atoms with Gasteiger partial charge in [-0.25, -0.2) is 0 Å². The van der Waals surface area contributed by atoms with Crippen molar-refractivity contribution < 1.29 is 9.84 Å². The zero-order chi connectivity index (χ0) is 14.8. The van der Waals surface area contributed by atoms with Crippen molar-refractivity contribution >= 4 is 15.9 Å². The minimum atomic E-state index is -0.522. The van der Waals surface area contributed by atoms with Crippen LogP contribution in [0.2, 0.25) is 0 Å². The molecule has 1 unspecified atom stereocenters. The summed E-state index contributed by atoms with van der Waals surface area (Å²) in [5, 5.41) is 15.1. The SMILES string of the molecule is COCCn1ncc(Br)c1C(O)C1Cc2ccccc2C1. The second kappa shape index (κ2) is 6.30. The van der Waals surface area contributed by atoms with Crippen LogP contribution in [0, 0.1) is 5.92 Å². The molecule has 1 aliphatic rings. The monoisotopic (exact) mass is 350 g/mol. The number of nitrogens with zero attached hydrogens (tertiary/aromatic N) is 2. The molecule has 0 radical (unpaired) electrons. The van der Waals surface area contributed by atoms with Crippen LogP contribution in [0.3, 0.4) is 0 Å². The van der Waals surface area contributed by atoms with Gasteiger partial charge in [-0.3, -0.25) is 4.68 Å². The van der Waals surface area contributed by atoms with Gasteiger partial charge < -0.3 is 9.84 Å². The summed E-state index contributed by atoms with van der Waals surface area (Å²) in [5.74, 6) is 0.205. The predicted molar refractivity (Wildman–Crippen MR) is 84.1 cm³/mol. The standard InChI is InChI=1S/C16H19BrN2O2/c1-21-7-6-19-15(14(17)10-18-19)16(20)13-8-11-4-2-3-5-12(11)9-13/h2-5,10,13,16,20H,6-9H2,1H3. The molecule has 1 aromatic carbocycles. The number of aliphatic hydroxyl groups excluding tert-OH is 1. The first-order chi connectivity index (χ1) is 10.2. The summed E-state index contributed by atoms with van der Waals surface area (Å²) in [6.07, 6.45) is 3.06. The van der Waals surface area contributed by atoms with E-state index in [2.05, 4.69) is 45.3 Å². The van der Waals surface area contributed by atoms with Crippen molar-refractivity contribution in [1.29, 1.82) is 0 Å². The largest absolute Gasteiger partial charge is 0.386 e. The Hall–Kier alpha value is -1.17. The van der Waals surface area contributed by atoms with Crippen molar-refractivity contribution in [2.45, 2.75) is 25.5 Å². The molecule has 4 nitrogen and oxygen atoms in total. The molecule has 1 atom stereocenters. The maximum atomic E-state index is 10.8. The molecule has 1 aliphatic carbocycles. The van der Waals surface area contributed by atoms with Crippen LogP contribution in [0.4, 0.5) is 0 Å². The number of fused-ring (bicyclic) bond motifs is 1. The number of hydrogen-bond acceptors (Lipinski definition) is 3. The lowest BCUT2D eigenvalue weighted by Crippen LogP contribution is -2.19. The van der Waals surface area contributed by atoms with E-state index in [4.69, 9.17) is 4.74 Å². The lowest BCUT2D eigenvalue weighted by molar-refractivity contribution is 0.0995. The van der Waals surface area contributed by atoms with Crippen LogP contribution in [-0.2, 0) is 24.1 Å². The fraction of sp³-hybridized carbons (Fsp3) is 0.438. The molecule has 21 heavy (non-hydrogen) atoms. The maximum absolute atomic E-state index is 10.8. The Morgan fingerprint density at radius 3 is 2.67 bits per heavy atom. The lowest BCUT2D eigenvalue weighted by Gasteiger charge is -2.20. The van der Waals surface area contributed by atoms with E-state index in [-0.39, 0.29) is 5.92 Å². The van der Waals surface area contributed by atoms with Gasteiger partial charge in [0.05, 0.1) is 29.5 Å². The highest BCUT2D eigenvalue weighted by molar-refractivity contribution is 9.10. The normalized spacial score (nSPS) is 16.1. The zero-order valence-corrected chi connectivity index (χ0v) is 13.6. The molecular formula is C16H19BrN2O2. The average Bonchev–Trinajstić information content (AvgIpc) is 3.08. The Balaban J connectivity index is 1.80. The highest BCUT2D eigenvalue weighted by atomic mass is 79.9. The fourth-order valence-corrected chi connectivity index (χ4v) is 3.59. The van der Waals surface area contributed by atoms with Crippen LogP contribution in [0.15, 0.2) is 34.9 Å². The summed E-state index contributed by atoms with van der Waals surface area (Å²) in [6, 6.07) is 8.43. The van der Waals surface area contributed by atoms with Crippen LogP contribution in [0.5, 0.6) is 0 Å². The van der Waals surface area contributed by atoms with Gasteiger partial charge in [0.2, 0.25) is 0 Å². The molecule has 0 aliphatic heterocycles. The summed E-state index contributed by atoms with van der Waals surface area (Å²) in [6.45, 7) is 1.23. The topological polar surface area (TPSA) is 47.3 Å². The molecule has 1 aromatic heterocycles. The molecule has 1 heterocycles. The van der Waals surface area contributed by atoms with Gasteiger partial charge in [0.1, 0.15) is 6.10 Å². The molecule has 0 amide bonds. The number of benzene rings is 1. The van der Waals surface area contributed by atoms with E-state index < -0.39 is 6.10 Å². The molecular weight excluding hydrogens is 332 g/mol. The first kappa shape index (κ1) is 14.8. The second-order valence-corrected chi connectivity index (χ2v) is 6.33. The van der Waals surface area contributed by atoms with Crippen LogP contribution in [-0.4, -0.2) is 28.6 Å². The van der Waals surface area contributed by atoms with Gasteiger partial charge in [-0.2, -0.15) is 5.10 Å². The van der Waals surface area contributed by atoms with E-state index in [9.17, 15) is 5.11 Å². The minimum absolute atomic E-state index is 0.205. The van der Waals surface area contributed by atoms with E-state index in [0.717, 1.165) is 23.0 Å². The van der Waals surface area contributed by atoms with Gasteiger partial charge >= 0.3 is 0 Å². The van der Waals surface area contributed by atoms with Crippen LogP contribution in [0.1, 0.15) is 22.9 Å². The Morgan fingerprint density at radius 2 is 2.05 bits per heavy atom. The number of aliphatic hydroxyl groups is 1. The zero-order valence-electron chi connectivity index (χ0n) is 12.0. The number of methoxy groups -OCH3 is 1. The Bertz CT molecular complexity index is 601. The summed E-state index contributed by atoms with van der Waals surface area (Å²) < 4.78 is 7.81. The number of ether oxygens (including phenoxy) is 1. The van der Waals surface area contributed by atoms with Gasteiger partial charge in [-0.15, -0.1) is 0 Å². The Kier molecular flexibility index (Phi) is 4.42. The third kappa shape index (κ3) is 2.91. The number of halogens is 1. The van der Waals surface area contributed by atoms with E-state index >= 15 is 0 Å². The Morgan fingerprint density at radius 1 is 1.38 bits per heavy atom. The van der Waals surface area contributed by atoms with Crippen molar-refractivity contribution in [1.82, 2.24) is 9.78 Å². The fourth-order valence-electron chi connectivity index (χ4n) is 3.06. The molecule has 1 N–H and O–H groups in total. The molecule has 0 bridgehead atoms. The first-order valence-corrected chi connectivity index (χ1v) is 7.95. The van der Waals surface area contributed by atoms with Gasteiger partial charge in [0.25, 0.3) is 0 Å². The average molecular weight is 351 g/mol. The van der Waals surface area contributed by atoms with Crippen LogP contribution >= 0.6 is 15.9 Å². The molecule has 3 rings (SSSR count). The highest BCUT2D eigenvalue weighted by Gasteiger charge is 2.31. The molecule has 0 saturated carbocycles. The van der Waals surface area contributed by atoms with Crippen molar-refractivity contribution in [2.75, 3.05) is 13.7 Å². The third-order valence-corrected chi connectivity index (χ3v) is 4.76. The summed E-state index contributed by atoms with van der Waals surface area (Å²) in [4.78, 5) is 0. The van der Waals surface area contributed by atoms with E-state index in [0.29, 0.717) is 13.2 Å². The van der Waals surface area contributed by atoms with E-state index in [1.807, 2.05) is 4.68 Å². The smallest absolute Gasteiger partial charge is 0.100 e. The van der Waals surface area contributed by atoms with Gasteiger partial charge in [-0.05, 0) is 45.8 Å². The Labute approximate surface area is 132 Å². The van der Waals surface area contributed by atoms with Crippen molar-refractivity contribution in [3.8, 4) is 0 Å². The predicted octanol–water partition coefficient (Wildman–Crippen LogP) is 2.74. The number of hydrogen-bond donors (Lipinski definition) is 1. The van der Waals surface area contributed by atoms with Crippen LogP contribution in [0.25, 0.3) is 0 Å². The third-order valence-electron chi connectivity index (χ3n) is 4.15. The summed E-state index contributed by atoms with van der Waals surface area (Å²) in [5.41, 5.74) is 3.55. The molecule has 0 spiro atoms. The number of rotatable bonds is 5. The molecule has 0 saturated heterocycles. The minimum Gasteiger partial charge on any atom is -0.386 e. The summed E-state index contributed by atoms with van der Waals surface area (Å²) in [7, 11) is 1.67. The van der Waals surface area contributed by atoms with Crippen molar-refractivity contribution in [2.24, 2.45) is 5.92 Å². The molecule has 112 valence electrons. The highest BCUT2D eigenvalue weighted by Crippen LogP contribution is 2.37. The van der Waals surface area contributed by atoms with Crippen molar-refractivity contribution in [3.05, 3.63) is 51.8 Å². The van der Waals surface area contributed by atoms with Crippen molar-refractivity contribution in [3.63, 3.8) is 0 Å². The first-order valence-electron chi connectivity index (χ1n) is 7.15. The quantitative estimate of drug-likeness (QED) is 0.901. The maximum Gasteiger partial charge on any atom is 0.100 e. The van der Waals surface area contributed by atoms with E-state index in [1.54, 1.807) is 13.3 Å². The molecule has 2 aromatic rings. The van der Waals surface area contributed by atoms with E-state index in [1.165, 1.54) is 11.1 Å². The number of aromatic nitrogens is 2. The van der Waals surface area contributed by atoms with Gasteiger partial charge in [0.15, 0.2) is 0 Å². The summed E-state index contributed by atoms with van der Waals surface area (Å²) >= 11 is 3.51. The second-order valence-electron chi connectivity index (χ2n) is 5.48. The van der Waals surface area contributed by atoms with Gasteiger partial charge in [-0.1, -0.05) is 24.3 Å². The lowest BCUT2D eigenvalue weighted by atomic mass is 9.96. The molecule has 0 fully saturated rings. The molecule has 5 heteroatoms. The van der Waals surface area contributed by atoms with Crippen LogP contribution < -0.4 is 0 Å².